The Kier molecular flexibility index (Phi) is 6.37. The first kappa shape index (κ1) is 22.8. The van der Waals surface area contributed by atoms with Crippen LogP contribution in [-0.4, -0.2) is 29.0 Å². The fourth-order valence-electron chi connectivity index (χ4n) is 3.87. The van der Waals surface area contributed by atoms with Gasteiger partial charge in [-0.05, 0) is 97.5 Å². The molecule has 4 amide bonds. The third-order valence-electron chi connectivity index (χ3n) is 5.36. The zero-order chi connectivity index (χ0) is 23.7. The Hall–Kier alpha value is -3.40. The standard InChI is InChI=1S/C25H22IN3O4/c1-4-33-22-8-6-5-7-21(22)29-24(31)20(23(30)27-25(29)32)14-17-13-15(2)28(16(17)3)19-11-9-18(26)10-12-19/h5-14H,4H2,1-3H3,(H,27,30,32)/b20-14-. The molecule has 2 aromatic carbocycles. The van der Waals surface area contributed by atoms with Gasteiger partial charge in [0.05, 0.1) is 12.3 Å². The van der Waals surface area contributed by atoms with E-state index in [9.17, 15) is 14.4 Å². The minimum absolute atomic E-state index is 0.122. The molecule has 3 aromatic rings. The third-order valence-corrected chi connectivity index (χ3v) is 6.08. The second-order valence-corrected chi connectivity index (χ2v) is 8.74. The summed E-state index contributed by atoms with van der Waals surface area (Å²) in [5.74, 6) is -1.04. The maximum atomic E-state index is 13.3. The monoisotopic (exact) mass is 555 g/mol. The molecule has 2 heterocycles. The Morgan fingerprint density at radius 3 is 2.42 bits per heavy atom. The van der Waals surface area contributed by atoms with Crippen molar-refractivity contribution in [1.29, 1.82) is 0 Å². The van der Waals surface area contributed by atoms with Crippen molar-refractivity contribution in [1.82, 2.24) is 9.88 Å². The molecule has 0 saturated carbocycles. The number of para-hydroxylation sites is 2. The molecule has 0 atom stereocenters. The number of rotatable bonds is 5. The summed E-state index contributed by atoms with van der Waals surface area (Å²) in [5.41, 5.74) is 3.70. The maximum Gasteiger partial charge on any atom is 0.336 e. The van der Waals surface area contributed by atoms with Crippen molar-refractivity contribution in [2.75, 3.05) is 11.5 Å². The molecule has 8 heteroatoms. The molecule has 1 fully saturated rings. The number of hydrogen-bond acceptors (Lipinski definition) is 4. The topological polar surface area (TPSA) is 80.6 Å². The molecule has 1 aromatic heterocycles. The van der Waals surface area contributed by atoms with Gasteiger partial charge in [0.1, 0.15) is 11.3 Å². The van der Waals surface area contributed by atoms with Gasteiger partial charge in [-0.15, -0.1) is 0 Å². The third kappa shape index (κ3) is 4.30. The molecule has 0 aliphatic carbocycles. The average molecular weight is 555 g/mol. The van der Waals surface area contributed by atoms with Gasteiger partial charge in [-0.3, -0.25) is 14.9 Å². The Morgan fingerprint density at radius 1 is 1.03 bits per heavy atom. The molecule has 33 heavy (non-hydrogen) atoms. The summed E-state index contributed by atoms with van der Waals surface area (Å²) < 4.78 is 8.76. The van der Waals surface area contributed by atoms with Crippen molar-refractivity contribution in [3.05, 3.63) is 80.7 Å². The Morgan fingerprint density at radius 2 is 1.73 bits per heavy atom. The van der Waals surface area contributed by atoms with Crippen molar-refractivity contribution in [2.24, 2.45) is 0 Å². The number of anilines is 1. The molecule has 0 radical (unpaired) electrons. The molecule has 1 aliphatic heterocycles. The molecular weight excluding hydrogens is 533 g/mol. The highest BCUT2D eigenvalue weighted by molar-refractivity contribution is 14.1. The molecule has 0 bridgehead atoms. The first-order valence-corrected chi connectivity index (χ1v) is 11.5. The highest BCUT2D eigenvalue weighted by Gasteiger charge is 2.38. The number of barbiturate groups is 1. The molecule has 7 nitrogen and oxygen atoms in total. The average Bonchev–Trinajstić information content (AvgIpc) is 3.06. The predicted molar refractivity (Wildman–Crippen MR) is 135 cm³/mol. The largest absolute Gasteiger partial charge is 0.492 e. The fourth-order valence-corrected chi connectivity index (χ4v) is 4.23. The smallest absolute Gasteiger partial charge is 0.336 e. The van der Waals surface area contributed by atoms with Crippen LogP contribution in [0.1, 0.15) is 23.9 Å². The van der Waals surface area contributed by atoms with Crippen LogP contribution >= 0.6 is 22.6 Å². The number of amides is 4. The minimum atomic E-state index is -0.807. The van der Waals surface area contributed by atoms with Gasteiger partial charge in [0.25, 0.3) is 11.8 Å². The lowest BCUT2D eigenvalue weighted by Gasteiger charge is -2.27. The van der Waals surface area contributed by atoms with Gasteiger partial charge in [-0.2, -0.15) is 0 Å². The van der Waals surface area contributed by atoms with Crippen LogP contribution in [0, 0.1) is 17.4 Å². The van der Waals surface area contributed by atoms with Gasteiger partial charge >= 0.3 is 6.03 Å². The van der Waals surface area contributed by atoms with Gasteiger partial charge in [-0.25, -0.2) is 9.69 Å². The van der Waals surface area contributed by atoms with Crippen LogP contribution in [0.2, 0.25) is 0 Å². The van der Waals surface area contributed by atoms with E-state index in [0.29, 0.717) is 12.4 Å². The lowest BCUT2D eigenvalue weighted by molar-refractivity contribution is -0.122. The first-order valence-electron chi connectivity index (χ1n) is 10.4. The second-order valence-electron chi connectivity index (χ2n) is 7.50. The SMILES string of the molecule is CCOc1ccccc1N1C(=O)NC(=O)/C(=C/c2cc(C)n(-c3ccc(I)cc3)c2C)C1=O. The number of carbonyl (C=O) groups is 3. The van der Waals surface area contributed by atoms with Gasteiger partial charge in [-0.1, -0.05) is 12.1 Å². The number of urea groups is 1. The summed E-state index contributed by atoms with van der Waals surface area (Å²) >= 11 is 2.25. The highest BCUT2D eigenvalue weighted by atomic mass is 127. The van der Waals surface area contributed by atoms with E-state index in [2.05, 4.69) is 32.5 Å². The van der Waals surface area contributed by atoms with Gasteiger partial charge < -0.3 is 9.30 Å². The highest BCUT2D eigenvalue weighted by Crippen LogP contribution is 2.32. The number of ether oxygens (including phenoxy) is 1. The van der Waals surface area contributed by atoms with E-state index in [1.54, 1.807) is 24.3 Å². The number of nitrogens with one attached hydrogen (secondary N) is 1. The van der Waals surface area contributed by atoms with E-state index in [0.717, 1.165) is 31.1 Å². The fraction of sp³-hybridized carbons (Fsp3) is 0.160. The van der Waals surface area contributed by atoms with Crippen LogP contribution in [-0.2, 0) is 9.59 Å². The van der Waals surface area contributed by atoms with Crippen molar-refractivity contribution in [3.8, 4) is 11.4 Å². The lowest BCUT2D eigenvalue weighted by Crippen LogP contribution is -2.54. The Balaban J connectivity index is 1.76. The van der Waals surface area contributed by atoms with Crippen molar-refractivity contribution in [3.63, 3.8) is 0 Å². The molecule has 1 N–H and O–H groups in total. The van der Waals surface area contributed by atoms with Crippen LogP contribution in [0.5, 0.6) is 5.75 Å². The van der Waals surface area contributed by atoms with E-state index >= 15 is 0 Å². The molecule has 1 saturated heterocycles. The summed E-state index contributed by atoms with van der Waals surface area (Å²) in [6, 6.07) is 15.9. The molecule has 0 spiro atoms. The lowest BCUT2D eigenvalue weighted by atomic mass is 10.1. The van der Waals surface area contributed by atoms with E-state index < -0.39 is 17.8 Å². The molecule has 1 aliphatic rings. The zero-order valence-corrected chi connectivity index (χ0v) is 20.5. The van der Waals surface area contributed by atoms with Gasteiger partial charge in [0, 0.05) is 20.6 Å². The van der Waals surface area contributed by atoms with Crippen molar-refractivity contribution < 1.29 is 19.1 Å². The van der Waals surface area contributed by atoms with Gasteiger partial charge in [0.2, 0.25) is 0 Å². The Labute approximate surface area is 205 Å². The van der Waals surface area contributed by atoms with Crippen LogP contribution < -0.4 is 15.0 Å². The number of imide groups is 2. The quantitative estimate of drug-likeness (QED) is 0.280. The second kappa shape index (κ2) is 9.22. The normalized spacial score (nSPS) is 15.2. The van der Waals surface area contributed by atoms with E-state index in [1.165, 1.54) is 6.08 Å². The van der Waals surface area contributed by atoms with E-state index in [1.807, 2.05) is 51.1 Å². The van der Waals surface area contributed by atoms with Crippen LogP contribution in [0.4, 0.5) is 10.5 Å². The number of aryl methyl sites for hydroxylation is 1. The van der Waals surface area contributed by atoms with E-state index in [4.69, 9.17) is 4.74 Å². The summed E-state index contributed by atoms with van der Waals surface area (Å²) in [7, 11) is 0. The van der Waals surface area contributed by atoms with Crippen molar-refractivity contribution >= 4 is 52.2 Å². The summed E-state index contributed by atoms with van der Waals surface area (Å²) in [6.45, 7) is 6.07. The summed E-state index contributed by atoms with van der Waals surface area (Å²) in [4.78, 5) is 39.5. The first-order chi connectivity index (χ1) is 15.8. The van der Waals surface area contributed by atoms with E-state index in [-0.39, 0.29) is 11.3 Å². The molecular formula is C25H22IN3O4. The number of hydrogen-bond donors (Lipinski definition) is 1. The number of carbonyl (C=O) groups excluding carboxylic acids is 3. The zero-order valence-electron chi connectivity index (χ0n) is 18.4. The minimum Gasteiger partial charge on any atom is -0.492 e. The van der Waals surface area contributed by atoms with Crippen LogP contribution in [0.3, 0.4) is 0 Å². The molecule has 4 rings (SSSR count). The maximum absolute atomic E-state index is 13.3. The number of aromatic nitrogens is 1. The summed E-state index contributed by atoms with van der Waals surface area (Å²) in [5, 5.41) is 2.27. The number of benzene rings is 2. The number of halogens is 1. The van der Waals surface area contributed by atoms with Crippen LogP contribution in [0.25, 0.3) is 11.8 Å². The Bertz CT molecular complexity index is 1290. The number of nitrogens with zero attached hydrogens (tertiary/aromatic N) is 2. The summed E-state index contributed by atoms with van der Waals surface area (Å²) in [6.07, 6.45) is 1.53. The van der Waals surface area contributed by atoms with Gasteiger partial charge in [0.15, 0.2) is 0 Å². The van der Waals surface area contributed by atoms with Crippen LogP contribution in [0.15, 0.2) is 60.2 Å². The predicted octanol–water partition coefficient (Wildman–Crippen LogP) is 4.76. The molecule has 0 unspecified atom stereocenters. The van der Waals surface area contributed by atoms with Crippen molar-refractivity contribution in [2.45, 2.75) is 20.8 Å². The molecule has 168 valence electrons.